The molecular formula is C8H17NS. The van der Waals surface area contributed by atoms with Gasteiger partial charge in [-0.1, -0.05) is 13.8 Å². The molecule has 0 spiro atoms. The normalized spacial score (nSPS) is 28.8. The van der Waals surface area contributed by atoms with E-state index in [1.807, 2.05) is 0 Å². The predicted molar refractivity (Wildman–Crippen MR) is 48.4 cm³/mol. The van der Waals surface area contributed by atoms with Gasteiger partial charge in [0.05, 0.1) is 0 Å². The second-order valence-electron chi connectivity index (χ2n) is 4.02. The van der Waals surface area contributed by atoms with Crippen LogP contribution in [0.1, 0.15) is 27.2 Å². The fourth-order valence-corrected chi connectivity index (χ4v) is 1.67. The molecule has 1 heterocycles. The summed E-state index contributed by atoms with van der Waals surface area (Å²) in [6, 6.07) is 0. The SMILES string of the molecule is CC(S)N1CCC(C)(C)C1. The first-order valence-electron chi connectivity index (χ1n) is 3.93. The quantitative estimate of drug-likeness (QED) is 0.573. The van der Waals surface area contributed by atoms with Crippen LogP contribution in [0.5, 0.6) is 0 Å². The molecule has 0 aromatic rings. The van der Waals surface area contributed by atoms with E-state index in [0.717, 1.165) is 0 Å². The van der Waals surface area contributed by atoms with Crippen molar-refractivity contribution >= 4 is 12.6 Å². The zero-order chi connectivity index (χ0) is 7.78. The Bertz CT molecular complexity index is 120. The van der Waals surface area contributed by atoms with Crippen molar-refractivity contribution in [2.45, 2.75) is 32.6 Å². The summed E-state index contributed by atoms with van der Waals surface area (Å²) in [5.41, 5.74) is 0.525. The predicted octanol–water partition coefficient (Wildman–Crippen LogP) is 1.99. The van der Waals surface area contributed by atoms with Crippen LogP contribution in [0.3, 0.4) is 0 Å². The molecule has 1 fully saturated rings. The molecule has 1 rings (SSSR count). The van der Waals surface area contributed by atoms with Crippen LogP contribution in [0.15, 0.2) is 0 Å². The summed E-state index contributed by atoms with van der Waals surface area (Å²) in [5.74, 6) is 0. The fourth-order valence-electron chi connectivity index (χ4n) is 1.47. The average molecular weight is 159 g/mol. The van der Waals surface area contributed by atoms with Crippen LogP contribution in [0.4, 0.5) is 0 Å². The molecule has 1 atom stereocenters. The van der Waals surface area contributed by atoms with Gasteiger partial charge in [-0.25, -0.2) is 0 Å². The van der Waals surface area contributed by atoms with Crippen LogP contribution in [0.2, 0.25) is 0 Å². The van der Waals surface area contributed by atoms with Gasteiger partial charge < -0.3 is 0 Å². The molecule has 0 saturated carbocycles. The topological polar surface area (TPSA) is 3.24 Å². The number of hydrogen-bond acceptors (Lipinski definition) is 2. The third kappa shape index (κ3) is 1.89. The molecule has 0 amide bonds. The molecule has 0 aromatic heterocycles. The summed E-state index contributed by atoms with van der Waals surface area (Å²) in [4.78, 5) is 2.42. The smallest absolute Gasteiger partial charge is 0.0499 e. The lowest BCUT2D eigenvalue weighted by Crippen LogP contribution is -2.28. The summed E-state index contributed by atoms with van der Waals surface area (Å²) in [6.45, 7) is 9.21. The molecule has 10 heavy (non-hydrogen) atoms. The van der Waals surface area contributed by atoms with Crippen molar-refractivity contribution in [3.8, 4) is 0 Å². The summed E-state index contributed by atoms with van der Waals surface area (Å²) in [5, 5.41) is 0.432. The Kier molecular flexibility index (Phi) is 2.31. The first kappa shape index (κ1) is 8.41. The van der Waals surface area contributed by atoms with Crippen LogP contribution < -0.4 is 0 Å². The van der Waals surface area contributed by atoms with Crippen molar-refractivity contribution in [2.24, 2.45) is 5.41 Å². The molecule has 0 radical (unpaired) electrons. The third-order valence-corrected chi connectivity index (χ3v) is 2.56. The minimum atomic E-state index is 0.432. The number of likely N-dealkylation sites (tertiary alicyclic amines) is 1. The lowest BCUT2D eigenvalue weighted by atomic mass is 9.93. The van der Waals surface area contributed by atoms with Gasteiger partial charge in [-0.15, -0.1) is 0 Å². The van der Waals surface area contributed by atoms with E-state index in [1.54, 1.807) is 0 Å². The van der Waals surface area contributed by atoms with Crippen molar-refractivity contribution in [1.29, 1.82) is 0 Å². The maximum absolute atomic E-state index is 4.40. The largest absolute Gasteiger partial charge is 0.291 e. The second-order valence-corrected chi connectivity index (χ2v) is 4.76. The maximum Gasteiger partial charge on any atom is 0.0499 e. The minimum Gasteiger partial charge on any atom is -0.291 e. The van der Waals surface area contributed by atoms with Gasteiger partial charge in [0.2, 0.25) is 0 Å². The van der Waals surface area contributed by atoms with Gasteiger partial charge in [-0.3, -0.25) is 4.90 Å². The van der Waals surface area contributed by atoms with Crippen molar-refractivity contribution in [2.75, 3.05) is 13.1 Å². The number of thiol groups is 1. The lowest BCUT2D eigenvalue weighted by Gasteiger charge is -2.22. The van der Waals surface area contributed by atoms with Crippen LogP contribution in [0, 0.1) is 5.41 Å². The van der Waals surface area contributed by atoms with Crippen molar-refractivity contribution < 1.29 is 0 Å². The van der Waals surface area contributed by atoms with Crippen molar-refractivity contribution in [3.63, 3.8) is 0 Å². The first-order valence-corrected chi connectivity index (χ1v) is 4.45. The first-order chi connectivity index (χ1) is 4.51. The van der Waals surface area contributed by atoms with E-state index in [-0.39, 0.29) is 0 Å². The van der Waals surface area contributed by atoms with E-state index in [4.69, 9.17) is 0 Å². The van der Waals surface area contributed by atoms with E-state index >= 15 is 0 Å². The Hall–Kier alpha value is 0.310. The van der Waals surface area contributed by atoms with Crippen LogP contribution in [0.25, 0.3) is 0 Å². The standard InChI is InChI=1S/C8H17NS/c1-7(10)9-5-4-8(2,3)6-9/h7,10H,4-6H2,1-3H3. The highest BCUT2D eigenvalue weighted by molar-refractivity contribution is 7.80. The Morgan fingerprint density at radius 2 is 2.10 bits per heavy atom. The zero-order valence-corrected chi connectivity index (χ0v) is 7.99. The summed E-state index contributed by atoms with van der Waals surface area (Å²) in [7, 11) is 0. The van der Waals surface area contributed by atoms with E-state index < -0.39 is 0 Å². The van der Waals surface area contributed by atoms with Crippen LogP contribution in [-0.4, -0.2) is 23.4 Å². The highest BCUT2D eigenvalue weighted by atomic mass is 32.1. The minimum absolute atomic E-state index is 0.432. The molecule has 1 saturated heterocycles. The van der Waals surface area contributed by atoms with Crippen molar-refractivity contribution in [1.82, 2.24) is 4.90 Å². The zero-order valence-electron chi connectivity index (χ0n) is 7.09. The summed E-state index contributed by atoms with van der Waals surface area (Å²) < 4.78 is 0. The number of rotatable bonds is 1. The highest BCUT2D eigenvalue weighted by Gasteiger charge is 2.30. The van der Waals surface area contributed by atoms with Gasteiger partial charge in [-0.05, 0) is 25.3 Å². The second kappa shape index (κ2) is 2.74. The van der Waals surface area contributed by atoms with Crippen LogP contribution >= 0.6 is 12.6 Å². The van der Waals surface area contributed by atoms with Crippen molar-refractivity contribution in [3.05, 3.63) is 0 Å². The van der Waals surface area contributed by atoms with E-state index in [9.17, 15) is 0 Å². The van der Waals surface area contributed by atoms with E-state index in [2.05, 4.69) is 38.3 Å². The molecule has 1 aliphatic rings. The monoisotopic (exact) mass is 159 g/mol. The molecule has 2 heteroatoms. The third-order valence-electron chi connectivity index (χ3n) is 2.24. The molecule has 60 valence electrons. The Balaban J connectivity index is 2.43. The average Bonchev–Trinajstić information content (AvgIpc) is 2.10. The molecule has 0 N–H and O–H groups in total. The lowest BCUT2D eigenvalue weighted by molar-refractivity contribution is 0.286. The molecule has 0 aliphatic carbocycles. The molecule has 0 bridgehead atoms. The summed E-state index contributed by atoms with van der Waals surface area (Å²) in [6.07, 6.45) is 1.32. The summed E-state index contributed by atoms with van der Waals surface area (Å²) >= 11 is 4.40. The Morgan fingerprint density at radius 1 is 1.50 bits per heavy atom. The highest BCUT2D eigenvalue weighted by Crippen LogP contribution is 2.30. The fraction of sp³-hybridized carbons (Fsp3) is 1.00. The molecule has 1 unspecified atom stereocenters. The van der Waals surface area contributed by atoms with Gasteiger partial charge in [-0.2, -0.15) is 12.6 Å². The van der Waals surface area contributed by atoms with E-state index in [1.165, 1.54) is 19.5 Å². The number of hydrogen-bond donors (Lipinski definition) is 1. The molecule has 1 nitrogen and oxygen atoms in total. The molecule has 0 aromatic carbocycles. The Morgan fingerprint density at radius 3 is 2.30 bits per heavy atom. The van der Waals surface area contributed by atoms with Crippen LogP contribution in [-0.2, 0) is 0 Å². The molecule has 1 aliphatic heterocycles. The van der Waals surface area contributed by atoms with Gasteiger partial charge in [0, 0.05) is 11.9 Å². The van der Waals surface area contributed by atoms with Gasteiger partial charge in [0.1, 0.15) is 0 Å². The maximum atomic E-state index is 4.40. The van der Waals surface area contributed by atoms with Gasteiger partial charge in [0.25, 0.3) is 0 Å². The van der Waals surface area contributed by atoms with E-state index in [0.29, 0.717) is 10.8 Å². The number of nitrogens with zero attached hydrogens (tertiary/aromatic N) is 1. The Labute approximate surface area is 69.2 Å². The molecular weight excluding hydrogens is 142 g/mol. The van der Waals surface area contributed by atoms with Gasteiger partial charge >= 0.3 is 0 Å². The van der Waals surface area contributed by atoms with Gasteiger partial charge in [0.15, 0.2) is 0 Å².